The summed E-state index contributed by atoms with van der Waals surface area (Å²) in [6.07, 6.45) is -4.04. The Bertz CT molecular complexity index is 1050. The molecule has 0 spiro atoms. The van der Waals surface area contributed by atoms with Crippen LogP contribution >= 0.6 is 11.8 Å². The molecule has 7 nitrogen and oxygen atoms in total. The molecule has 1 saturated heterocycles. The second-order valence-electron chi connectivity index (χ2n) is 7.26. The van der Waals surface area contributed by atoms with Crippen LogP contribution in [0.25, 0.3) is 0 Å². The zero-order chi connectivity index (χ0) is 22.4. The number of thioether (sulfide) groups is 1. The lowest BCUT2D eigenvalue weighted by Gasteiger charge is -2.36. The molecule has 0 aliphatic carbocycles. The van der Waals surface area contributed by atoms with Gasteiger partial charge in [-0.2, -0.15) is 13.2 Å². The third-order valence-electron chi connectivity index (χ3n) is 5.21. The SMILES string of the molecule is Cc1cnc(C(=O)Nc2ccc(F)c(C34COC(C(F)(F)F)C3CSC(N)=N4)c2)cn1. The number of aliphatic imine (C=N–C) groups is 1. The van der Waals surface area contributed by atoms with Gasteiger partial charge in [0, 0.05) is 29.1 Å². The van der Waals surface area contributed by atoms with Gasteiger partial charge >= 0.3 is 6.18 Å². The van der Waals surface area contributed by atoms with Gasteiger partial charge in [0.1, 0.15) is 17.1 Å². The number of amides is 1. The number of carbonyl (C=O) groups excluding carboxylic acids is 1. The average Bonchev–Trinajstić information content (AvgIpc) is 3.09. The Kier molecular flexibility index (Phi) is 5.38. The Morgan fingerprint density at radius 1 is 1.32 bits per heavy atom. The number of benzene rings is 1. The van der Waals surface area contributed by atoms with Crippen molar-refractivity contribution in [3.63, 3.8) is 0 Å². The molecule has 4 rings (SSSR count). The number of nitrogens with two attached hydrogens (primary N) is 1. The minimum absolute atomic E-state index is 0.0326. The molecule has 2 aromatic rings. The van der Waals surface area contributed by atoms with E-state index >= 15 is 0 Å². The lowest BCUT2D eigenvalue weighted by atomic mass is 9.78. The van der Waals surface area contributed by atoms with Crippen LogP contribution in [0.4, 0.5) is 23.2 Å². The highest BCUT2D eigenvalue weighted by molar-refractivity contribution is 8.13. The van der Waals surface area contributed by atoms with E-state index < -0.39 is 42.1 Å². The predicted molar refractivity (Wildman–Crippen MR) is 106 cm³/mol. The van der Waals surface area contributed by atoms with Crippen LogP contribution in [0.1, 0.15) is 21.7 Å². The summed E-state index contributed by atoms with van der Waals surface area (Å²) in [4.78, 5) is 24.6. The maximum Gasteiger partial charge on any atom is 0.415 e. The van der Waals surface area contributed by atoms with E-state index in [2.05, 4.69) is 20.3 Å². The van der Waals surface area contributed by atoms with Crippen molar-refractivity contribution >= 4 is 28.5 Å². The number of aromatic nitrogens is 2. The van der Waals surface area contributed by atoms with Crippen molar-refractivity contribution in [1.82, 2.24) is 9.97 Å². The number of fused-ring (bicyclic) bond motifs is 1. The van der Waals surface area contributed by atoms with Crippen molar-refractivity contribution < 1.29 is 27.1 Å². The number of hydrogen-bond donors (Lipinski definition) is 2. The highest BCUT2D eigenvalue weighted by Gasteiger charge is 2.61. The van der Waals surface area contributed by atoms with Gasteiger partial charge in [-0.1, -0.05) is 11.8 Å². The quantitative estimate of drug-likeness (QED) is 0.690. The van der Waals surface area contributed by atoms with Gasteiger partial charge in [0.15, 0.2) is 11.3 Å². The number of amidine groups is 1. The molecule has 2 aliphatic heterocycles. The number of nitrogens with zero attached hydrogens (tertiary/aromatic N) is 3. The van der Waals surface area contributed by atoms with E-state index in [1.807, 2.05) is 0 Å². The summed E-state index contributed by atoms with van der Waals surface area (Å²) in [6, 6.07) is 3.62. The van der Waals surface area contributed by atoms with Gasteiger partial charge in [0.2, 0.25) is 0 Å². The molecule has 1 fully saturated rings. The number of aryl methyl sites for hydroxylation is 1. The number of alkyl halides is 3. The third kappa shape index (κ3) is 3.97. The van der Waals surface area contributed by atoms with Crippen LogP contribution in [-0.2, 0) is 10.3 Å². The van der Waals surface area contributed by atoms with Crippen LogP contribution in [-0.4, -0.2) is 45.7 Å². The summed E-state index contributed by atoms with van der Waals surface area (Å²) in [7, 11) is 0. The van der Waals surface area contributed by atoms with Crippen LogP contribution in [0.2, 0.25) is 0 Å². The highest BCUT2D eigenvalue weighted by atomic mass is 32.2. The fourth-order valence-electron chi connectivity index (χ4n) is 3.74. The van der Waals surface area contributed by atoms with Crippen molar-refractivity contribution in [2.24, 2.45) is 16.6 Å². The number of ether oxygens (including phenoxy) is 1. The standard InChI is InChI=1S/C19H17F4N5O2S/c1-9-5-26-14(6-25-9)16(29)27-10-2-3-13(20)11(4-10)18-8-30-15(19(21,22)23)12(18)7-31-17(24)28-18/h2-6,12,15H,7-8H2,1H3,(H2,24,28)(H,27,29). The largest absolute Gasteiger partial charge is 0.415 e. The monoisotopic (exact) mass is 455 g/mol. The summed E-state index contributed by atoms with van der Waals surface area (Å²) >= 11 is 0.967. The van der Waals surface area contributed by atoms with Gasteiger partial charge in [0.05, 0.1) is 18.5 Å². The van der Waals surface area contributed by atoms with E-state index in [4.69, 9.17) is 10.5 Å². The maximum atomic E-state index is 14.9. The van der Waals surface area contributed by atoms with E-state index in [9.17, 15) is 22.4 Å². The predicted octanol–water partition coefficient (Wildman–Crippen LogP) is 3.01. The molecule has 164 valence electrons. The fourth-order valence-corrected chi connectivity index (χ4v) is 4.76. The van der Waals surface area contributed by atoms with E-state index in [0.717, 1.165) is 17.8 Å². The van der Waals surface area contributed by atoms with Crippen LogP contribution in [0.15, 0.2) is 35.6 Å². The zero-order valence-corrected chi connectivity index (χ0v) is 16.9. The van der Waals surface area contributed by atoms with Crippen molar-refractivity contribution in [2.75, 3.05) is 17.7 Å². The number of carbonyl (C=O) groups is 1. The third-order valence-corrected chi connectivity index (χ3v) is 6.12. The van der Waals surface area contributed by atoms with Crippen molar-refractivity contribution in [3.05, 3.63) is 53.4 Å². The van der Waals surface area contributed by atoms with E-state index in [-0.39, 0.29) is 27.9 Å². The van der Waals surface area contributed by atoms with Crippen molar-refractivity contribution in [1.29, 1.82) is 0 Å². The lowest BCUT2D eigenvalue weighted by Crippen LogP contribution is -2.46. The fraction of sp³-hybridized carbons (Fsp3) is 0.368. The molecule has 0 bridgehead atoms. The van der Waals surface area contributed by atoms with Crippen LogP contribution in [0.5, 0.6) is 0 Å². The topological polar surface area (TPSA) is 102 Å². The first-order valence-electron chi connectivity index (χ1n) is 9.16. The molecule has 1 amide bonds. The minimum Gasteiger partial charge on any atom is -0.379 e. The lowest BCUT2D eigenvalue weighted by molar-refractivity contribution is -0.215. The molecule has 0 saturated carbocycles. The number of hydrogen-bond acceptors (Lipinski definition) is 7. The summed E-state index contributed by atoms with van der Waals surface area (Å²) in [5.41, 5.74) is 4.84. The summed E-state index contributed by atoms with van der Waals surface area (Å²) in [5, 5.41) is 2.61. The molecule has 31 heavy (non-hydrogen) atoms. The summed E-state index contributed by atoms with van der Waals surface area (Å²) in [6.45, 7) is 1.23. The molecular weight excluding hydrogens is 438 g/mol. The van der Waals surface area contributed by atoms with Gasteiger partial charge in [-0.25, -0.2) is 14.4 Å². The first kappa shape index (κ1) is 21.5. The normalized spacial score (nSPS) is 25.6. The second kappa shape index (κ2) is 7.75. The Morgan fingerprint density at radius 2 is 2.10 bits per heavy atom. The van der Waals surface area contributed by atoms with Gasteiger partial charge in [-0.15, -0.1) is 0 Å². The number of rotatable bonds is 3. The molecule has 3 unspecified atom stereocenters. The Morgan fingerprint density at radius 3 is 2.77 bits per heavy atom. The zero-order valence-electron chi connectivity index (χ0n) is 16.1. The Balaban J connectivity index is 1.71. The van der Waals surface area contributed by atoms with Crippen molar-refractivity contribution in [3.8, 4) is 0 Å². The molecule has 12 heteroatoms. The molecule has 3 heterocycles. The van der Waals surface area contributed by atoms with E-state index in [1.165, 1.54) is 24.5 Å². The molecule has 3 N–H and O–H groups in total. The Labute approximate surface area is 178 Å². The molecular formula is C19H17F4N5O2S. The Hall–Kier alpha value is -2.73. The van der Waals surface area contributed by atoms with Gasteiger partial charge < -0.3 is 15.8 Å². The molecule has 2 aliphatic rings. The average molecular weight is 455 g/mol. The van der Waals surface area contributed by atoms with E-state index in [0.29, 0.717) is 5.69 Å². The van der Waals surface area contributed by atoms with Gasteiger partial charge in [0.25, 0.3) is 5.91 Å². The first-order valence-corrected chi connectivity index (χ1v) is 10.2. The minimum atomic E-state index is -4.64. The highest BCUT2D eigenvalue weighted by Crippen LogP contribution is 2.52. The maximum absolute atomic E-state index is 14.9. The summed E-state index contributed by atoms with van der Waals surface area (Å²) < 4.78 is 60.4. The van der Waals surface area contributed by atoms with Crippen LogP contribution in [0, 0.1) is 18.7 Å². The number of halogens is 4. The van der Waals surface area contributed by atoms with Gasteiger partial charge in [-0.3, -0.25) is 9.78 Å². The van der Waals surface area contributed by atoms with Gasteiger partial charge in [-0.05, 0) is 25.1 Å². The van der Waals surface area contributed by atoms with Crippen LogP contribution < -0.4 is 11.1 Å². The van der Waals surface area contributed by atoms with Crippen LogP contribution in [0.3, 0.4) is 0 Å². The molecule has 1 aromatic heterocycles. The van der Waals surface area contributed by atoms with Crippen molar-refractivity contribution in [2.45, 2.75) is 24.7 Å². The summed E-state index contributed by atoms with van der Waals surface area (Å²) in [5.74, 6) is -2.58. The molecule has 0 radical (unpaired) electrons. The van der Waals surface area contributed by atoms with E-state index in [1.54, 1.807) is 6.92 Å². The number of anilines is 1. The smallest absolute Gasteiger partial charge is 0.379 e. The molecule has 3 atom stereocenters. The first-order chi connectivity index (χ1) is 14.6. The second-order valence-corrected chi connectivity index (χ2v) is 8.30. The molecule has 1 aromatic carbocycles. The number of nitrogens with one attached hydrogen (secondary N) is 1.